The van der Waals surface area contributed by atoms with Gasteiger partial charge in [0.25, 0.3) is 0 Å². The zero-order valence-electron chi connectivity index (χ0n) is 15.0. The lowest BCUT2D eigenvalue weighted by atomic mass is 9.93. The highest BCUT2D eigenvalue weighted by molar-refractivity contribution is 5.65. The van der Waals surface area contributed by atoms with Gasteiger partial charge in [0.2, 0.25) is 6.17 Å². The number of rotatable bonds is 9. The van der Waals surface area contributed by atoms with E-state index in [9.17, 15) is 75.0 Å². The molecular formula is C13H13F16NO. The van der Waals surface area contributed by atoms with Gasteiger partial charge >= 0.3 is 48.6 Å². The lowest BCUT2D eigenvalue weighted by molar-refractivity contribution is -0.382. The van der Waals surface area contributed by atoms with Crippen LogP contribution in [0.25, 0.3) is 0 Å². The third-order valence-electron chi connectivity index (χ3n) is 3.33. The van der Waals surface area contributed by atoms with E-state index < -0.39 is 54.8 Å². The lowest BCUT2D eigenvalue weighted by Gasteiger charge is -2.37. The van der Waals surface area contributed by atoms with E-state index in [-0.39, 0.29) is 0 Å². The second kappa shape index (κ2) is 10.3. The van der Waals surface area contributed by atoms with Crippen LogP contribution in [0.3, 0.4) is 0 Å². The summed E-state index contributed by atoms with van der Waals surface area (Å²) in [5.41, 5.74) is 0. The van der Waals surface area contributed by atoms with E-state index in [2.05, 4.69) is 0 Å². The number of alkyl halides is 15. The largest absolute Gasteiger partial charge is 0.399 e. The van der Waals surface area contributed by atoms with Gasteiger partial charge in [0.1, 0.15) is 0 Å². The number of carbonyl (C=O) groups is 1. The summed E-state index contributed by atoms with van der Waals surface area (Å²) >= 11 is 0. The van der Waals surface area contributed by atoms with E-state index >= 15 is 0 Å². The van der Waals surface area contributed by atoms with Gasteiger partial charge in [-0.3, -0.25) is 0 Å². The summed E-state index contributed by atoms with van der Waals surface area (Å²) in [7, 11) is 1.44. The SMILES string of the molecule is CCCN(C)C(=O)F.FC(F)C(F)(F)C(F)(F)C(F)C(F)(F)C(F)(F)C(F)(F)C(F)F. The number of hydrogen-bond acceptors (Lipinski definition) is 1. The normalized spacial score (nSPS) is 15.0. The molecule has 0 N–H and O–H groups in total. The van der Waals surface area contributed by atoms with Crippen molar-refractivity contribution in [3.05, 3.63) is 0 Å². The van der Waals surface area contributed by atoms with Gasteiger partial charge in [0, 0.05) is 13.6 Å². The summed E-state index contributed by atoms with van der Waals surface area (Å²) in [5.74, 6) is -36.5. The van der Waals surface area contributed by atoms with Crippen molar-refractivity contribution in [1.29, 1.82) is 0 Å². The second-order valence-corrected chi connectivity index (χ2v) is 5.70. The Kier molecular flexibility index (Phi) is 10.5. The molecule has 0 aliphatic heterocycles. The van der Waals surface area contributed by atoms with Crippen molar-refractivity contribution < 1.29 is 75.0 Å². The summed E-state index contributed by atoms with van der Waals surface area (Å²) in [6.07, 6.45) is -18.1. The van der Waals surface area contributed by atoms with Crippen LogP contribution in [0.15, 0.2) is 0 Å². The number of hydrogen-bond donors (Lipinski definition) is 0. The van der Waals surface area contributed by atoms with Crippen LogP contribution in [0.2, 0.25) is 0 Å². The van der Waals surface area contributed by atoms with Crippen LogP contribution in [0.5, 0.6) is 0 Å². The Labute approximate surface area is 163 Å². The maximum atomic E-state index is 12.7. The molecule has 2 nitrogen and oxygen atoms in total. The molecule has 0 radical (unpaired) electrons. The van der Waals surface area contributed by atoms with Crippen molar-refractivity contribution >= 4 is 6.16 Å². The first-order valence-corrected chi connectivity index (χ1v) is 7.47. The number of halogens is 16. The molecule has 1 amide bonds. The van der Waals surface area contributed by atoms with Crippen LogP contribution in [0, 0.1) is 0 Å². The van der Waals surface area contributed by atoms with Crippen molar-refractivity contribution in [2.75, 3.05) is 13.6 Å². The predicted octanol–water partition coefficient (Wildman–Crippen LogP) is 6.45. The van der Waals surface area contributed by atoms with Gasteiger partial charge in [0.15, 0.2) is 0 Å². The van der Waals surface area contributed by atoms with E-state index in [1.165, 1.54) is 7.05 Å². The number of carbonyl (C=O) groups excluding carboxylic acids is 1. The molecule has 0 heterocycles. The monoisotopic (exact) mass is 503 g/mol. The van der Waals surface area contributed by atoms with E-state index in [0.717, 1.165) is 11.3 Å². The first-order chi connectivity index (χ1) is 13.5. The van der Waals surface area contributed by atoms with E-state index in [4.69, 9.17) is 0 Å². The van der Waals surface area contributed by atoms with Crippen molar-refractivity contribution in [3.63, 3.8) is 0 Å². The fourth-order valence-corrected chi connectivity index (χ4v) is 1.48. The smallest absolute Gasteiger partial charge is 0.318 e. The summed E-state index contributed by atoms with van der Waals surface area (Å²) in [5, 5.41) is 0. The third-order valence-corrected chi connectivity index (χ3v) is 3.33. The summed E-state index contributed by atoms with van der Waals surface area (Å²) < 4.78 is 196. The molecule has 0 rings (SSSR count). The van der Waals surface area contributed by atoms with Gasteiger partial charge in [-0.25, -0.2) is 26.7 Å². The van der Waals surface area contributed by atoms with Crippen molar-refractivity contribution in [3.8, 4) is 0 Å². The molecule has 0 aliphatic carbocycles. The fraction of sp³-hybridized carbons (Fsp3) is 0.923. The Morgan fingerprint density at radius 2 is 1.06 bits per heavy atom. The molecule has 0 aromatic carbocycles. The topological polar surface area (TPSA) is 20.3 Å². The average Bonchev–Trinajstić information content (AvgIpc) is 2.60. The second-order valence-electron chi connectivity index (χ2n) is 5.70. The highest BCUT2D eigenvalue weighted by Crippen LogP contribution is 2.55. The van der Waals surface area contributed by atoms with Gasteiger partial charge < -0.3 is 4.90 Å². The third kappa shape index (κ3) is 6.20. The van der Waals surface area contributed by atoms with Crippen molar-refractivity contribution in [1.82, 2.24) is 4.90 Å². The average molecular weight is 503 g/mol. The standard InChI is InChI=1S/C8H3F15.C5H10FNO/c9-1(4(14,15)6(18,19)2(10)11)5(16,17)8(22,23)7(20,21)3(12)13;1-3-4-7(2)5(6)8/h1-3H;3-4H2,1-2H3. The molecule has 0 spiro atoms. The van der Waals surface area contributed by atoms with Gasteiger partial charge in [-0.05, 0) is 6.42 Å². The number of amides is 1. The van der Waals surface area contributed by atoms with Crippen LogP contribution in [0.1, 0.15) is 13.3 Å². The van der Waals surface area contributed by atoms with Crippen LogP contribution in [-0.2, 0) is 0 Å². The summed E-state index contributed by atoms with van der Waals surface area (Å²) in [6, 6.07) is 0. The maximum absolute atomic E-state index is 12.7. The molecule has 0 bridgehead atoms. The van der Waals surface area contributed by atoms with Gasteiger partial charge in [0.05, 0.1) is 0 Å². The summed E-state index contributed by atoms with van der Waals surface area (Å²) in [6.45, 7) is 2.38. The van der Waals surface area contributed by atoms with Crippen molar-refractivity contribution in [2.24, 2.45) is 0 Å². The highest BCUT2D eigenvalue weighted by Gasteiger charge is 2.84. The van der Waals surface area contributed by atoms with E-state index in [0.29, 0.717) is 6.54 Å². The molecule has 188 valence electrons. The first-order valence-electron chi connectivity index (χ1n) is 7.47. The van der Waals surface area contributed by atoms with Crippen LogP contribution in [0.4, 0.5) is 75.0 Å². The zero-order valence-corrected chi connectivity index (χ0v) is 15.0. The molecule has 0 saturated carbocycles. The van der Waals surface area contributed by atoms with Crippen LogP contribution >= 0.6 is 0 Å². The Bertz CT molecular complexity index is 578. The molecule has 31 heavy (non-hydrogen) atoms. The minimum absolute atomic E-state index is 0.495. The molecule has 0 aromatic heterocycles. The molecule has 1 atom stereocenters. The lowest BCUT2D eigenvalue weighted by Crippen LogP contribution is -2.67. The van der Waals surface area contributed by atoms with Gasteiger partial charge in [-0.15, -0.1) is 4.39 Å². The molecule has 0 fully saturated rings. The molecule has 1 unspecified atom stereocenters. The summed E-state index contributed by atoms with van der Waals surface area (Å²) in [4.78, 5) is 10.8. The predicted molar refractivity (Wildman–Crippen MR) is 71.1 cm³/mol. The molecule has 0 aliphatic rings. The Morgan fingerprint density at radius 3 is 1.29 bits per heavy atom. The molecule has 18 heteroatoms. The zero-order chi connectivity index (χ0) is 25.8. The van der Waals surface area contributed by atoms with Crippen LogP contribution in [-0.4, -0.2) is 73.3 Å². The van der Waals surface area contributed by atoms with Gasteiger partial charge in [-0.2, -0.15) is 43.9 Å². The van der Waals surface area contributed by atoms with E-state index in [1.54, 1.807) is 0 Å². The van der Waals surface area contributed by atoms with E-state index in [1.807, 2.05) is 6.92 Å². The minimum atomic E-state index is -7.60. The molecular weight excluding hydrogens is 490 g/mol. The Hall–Kier alpha value is -1.65. The van der Waals surface area contributed by atoms with Crippen molar-refractivity contribution in [2.45, 2.75) is 62.0 Å². The minimum Gasteiger partial charge on any atom is -0.318 e. The fourth-order valence-electron chi connectivity index (χ4n) is 1.48. The maximum Gasteiger partial charge on any atom is 0.399 e. The molecule has 0 saturated heterocycles. The Balaban J connectivity index is 0. The highest BCUT2D eigenvalue weighted by atomic mass is 19.4. The molecule has 0 aromatic rings. The number of nitrogens with zero attached hydrogens (tertiary/aromatic N) is 1. The van der Waals surface area contributed by atoms with Gasteiger partial charge in [-0.1, -0.05) is 6.92 Å². The Morgan fingerprint density at radius 1 is 0.710 bits per heavy atom. The quantitative estimate of drug-likeness (QED) is 0.201. The van der Waals surface area contributed by atoms with Crippen LogP contribution < -0.4 is 0 Å². The first kappa shape index (κ1) is 31.5.